The molecular formula is C20H55B6N7. The van der Waals surface area contributed by atoms with E-state index in [0.717, 1.165) is 33.9 Å². The van der Waals surface area contributed by atoms with Crippen LogP contribution in [0.4, 0.5) is 0 Å². The molecule has 3 fully saturated rings. The van der Waals surface area contributed by atoms with Gasteiger partial charge < -0.3 is 33.7 Å². The Morgan fingerprint density at radius 3 is 1.00 bits per heavy atom. The Kier molecular flexibility index (Phi) is 16.0. The number of rotatable bonds is 4. The zero-order valence-electron chi connectivity index (χ0n) is 25.1. The van der Waals surface area contributed by atoms with E-state index in [1.807, 2.05) is 0 Å². The summed E-state index contributed by atoms with van der Waals surface area (Å²) in [7, 11) is 15.1. The third-order valence-corrected chi connectivity index (χ3v) is 7.71. The molecule has 7 nitrogen and oxygen atoms in total. The summed E-state index contributed by atoms with van der Waals surface area (Å²) in [5.41, 5.74) is 0. The molecule has 1 unspecified atom stereocenters. The highest BCUT2D eigenvalue weighted by atomic mass is 15.4. The Balaban J connectivity index is 0.000000428. The SMILES string of the molecule is CB(C)N(C)CN(C)B(C)C.CB1CN(C)B(C)CN1C.CB1CN1C.CB1N(C)CN1C. The molecule has 13 heteroatoms. The molecule has 0 spiro atoms. The molecule has 33 heavy (non-hydrogen) atoms. The summed E-state index contributed by atoms with van der Waals surface area (Å²) in [6.45, 7) is 24.3. The van der Waals surface area contributed by atoms with Crippen molar-refractivity contribution in [2.75, 3.05) is 82.0 Å². The fourth-order valence-electron chi connectivity index (χ4n) is 3.35. The third-order valence-electron chi connectivity index (χ3n) is 7.71. The highest BCUT2D eigenvalue weighted by molar-refractivity contribution is 6.64. The standard InChI is InChI=1S/C7H20B2N2.C6H16B2N2.C4H11BN2.C3H8BN/c1-8(2)10(5)7-11(6)9(3)4;1-7-5-10(4)8(2)6-9(7)3;1-5-6(2)4-7(5)3;1-4-3-5(4)2/h7H2,1-6H3;5-6H2,1-4H3;4H2,1-3H3;3H2,1-2H3. The maximum Gasteiger partial charge on any atom is 0.309 e. The van der Waals surface area contributed by atoms with Gasteiger partial charge in [0, 0.05) is 13.3 Å². The van der Waals surface area contributed by atoms with E-state index >= 15 is 0 Å². The monoisotopic (exact) mass is 460 g/mol. The molecule has 3 saturated heterocycles. The van der Waals surface area contributed by atoms with Crippen LogP contribution in [0.1, 0.15) is 0 Å². The Morgan fingerprint density at radius 1 is 0.576 bits per heavy atom. The highest BCUT2D eigenvalue weighted by Crippen LogP contribution is 2.07. The van der Waals surface area contributed by atoms with Gasteiger partial charge in [0.25, 0.3) is 0 Å². The molecule has 0 aromatic carbocycles. The Labute approximate surface area is 211 Å². The predicted molar refractivity (Wildman–Crippen MR) is 160 cm³/mol. The molecule has 0 aromatic heterocycles. The normalized spacial score (nSPS) is 21.5. The van der Waals surface area contributed by atoms with Crippen molar-refractivity contribution in [1.82, 2.24) is 33.7 Å². The van der Waals surface area contributed by atoms with E-state index in [1.54, 1.807) is 0 Å². The second kappa shape index (κ2) is 16.0. The summed E-state index contributed by atoms with van der Waals surface area (Å²) in [6.07, 6.45) is 3.72. The van der Waals surface area contributed by atoms with Crippen molar-refractivity contribution < 1.29 is 0 Å². The molecule has 0 aromatic rings. The predicted octanol–water partition coefficient (Wildman–Crippen LogP) is 1.53. The van der Waals surface area contributed by atoms with Crippen LogP contribution in [-0.4, -0.2) is 157 Å². The molecule has 0 N–H and O–H groups in total. The van der Waals surface area contributed by atoms with Crippen LogP contribution in [0.5, 0.6) is 0 Å². The van der Waals surface area contributed by atoms with E-state index in [9.17, 15) is 0 Å². The van der Waals surface area contributed by atoms with Crippen LogP contribution in [0.25, 0.3) is 0 Å². The maximum atomic E-state index is 2.42. The second-order valence-electron chi connectivity index (χ2n) is 11.5. The van der Waals surface area contributed by atoms with Crippen LogP contribution in [-0.2, 0) is 0 Å². The average Bonchev–Trinajstić information content (AvgIpc) is 3.39. The van der Waals surface area contributed by atoms with Crippen LogP contribution in [0.3, 0.4) is 0 Å². The lowest BCUT2D eigenvalue weighted by Gasteiger charge is -2.42. The Morgan fingerprint density at radius 2 is 0.848 bits per heavy atom. The van der Waals surface area contributed by atoms with Crippen molar-refractivity contribution in [3.63, 3.8) is 0 Å². The maximum absolute atomic E-state index is 2.42. The van der Waals surface area contributed by atoms with Crippen LogP contribution in [0.15, 0.2) is 0 Å². The van der Waals surface area contributed by atoms with Crippen LogP contribution < -0.4 is 0 Å². The largest absolute Gasteiger partial charge is 0.349 e. The van der Waals surface area contributed by atoms with Crippen LogP contribution >= 0.6 is 0 Å². The summed E-state index contributed by atoms with van der Waals surface area (Å²) < 4.78 is 0. The molecule has 0 aliphatic carbocycles. The number of nitrogens with zero attached hydrogens (tertiary/aromatic N) is 7. The van der Waals surface area contributed by atoms with Gasteiger partial charge in [-0.15, -0.1) is 0 Å². The fourth-order valence-corrected chi connectivity index (χ4v) is 3.35. The zero-order chi connectivity index (χ0) is 26.0. The Bertz CT molecular complexity index is 469. The quantitative estimate of drug-likeness (QED) is 0.358. The van der Waals surface area contributed by atoms with Gasteiger partial charge in [0.2, 0.25) is 34.2 Å². The van der Waals surface area contributed by atoms with E-state index in [2.05, 4.69) is 138 Å². The summed E-state index contributed by atoms with van der Waals surface area (Å²) in [6, 6.07) is 0. The second-order valence-corrected chi connectivity index (χ2v) is 11.5. The van der Waals surface area contributed by atoms with Gasteiger partial charge in [0.05, 0.1) is 0 Å². The van der Waals surface area contributed by atoms with Gasteiger partial charge in [-0.2, -0.15) is 0 Å². The van der Waals surface area contributed by atoms with Crippen molar-refractivity contribution in [3.8, 4) is 0 Å². The van der Waals surface area contributed by atoms with Crippen molar-refractivity contribution in [3.05, 3.63) is 0 Å². The lowest BCUT2D eigenvalue weighted by Crippen LogP contribution is -2.62. The van der Waals surface area contributed by atoms with Gasteiger partial charge in [-0.05, 0) is 68.7 Å². The first-order valence-electron chi connectivity index (χ1n) is 13.0. The minimum atomic E-state index is 0.635. The smallest absolute Gasteiger partial charge is 0.309 e. The van der Waals surface area contributed by atoms with Crippen molar-refractivity contribution in [2.45, 2.75) is 54.6 Å². The van der Waals surface area contributed by atoms with Gasteiger partial charge in [-0.3, -0.25) is 0 Å². The topological polar surface area (TPSA) is 22.5 Å². The van der Waals surface area contributed by atoms with E-state index in [-0.39, 0.29) is 0 Å². The molecule has 0 saturated carbocycles. The number of hydrogen-bond donors (Lipinski definition) is 0. The van der Waals surface area contributed by atoms with Gasteiger partial charge in [-0.1, -0.05) is 54.6 Å². The first kappa shape index (κ1) is 33.1. The molecule has 0 radical (unpaired) electrons. The molecule has 188 valence electrons. The summed E-state index contributed by atoms with van der Waals surface area (Å²) >= 11 is 0. The fraction of sp³-hybridized carbons (Fsp3) is 1.00. The van der Waals surface area contributed by atoms with E-state index in [0.29, 0.717) is 20.7 Å². The van der Waals surface area contributed by atoms with Crippen molar-refractivity contribution in [1.29, 1.82) is 0 Å². The average molecular weight is 459 g/mol. The minimum absolute atomic E-state index is 0.635. The molecule has 0 bridgehead atoms. The number of hydrogen-bond acceptors (Lipinski definition) is 7. The first-order valence-corrected chi connectivity index (χ1v) is 13.0. The molecule has 3 rings (SSSR count). The van der Waals surface area contributed by atoms with E-state index < -0.39 is 0 Å². The lowest BCUT2D eigenvalue weighted by atomic mass is 9.49. The summed E-state index contributed by atoms with van der Waals surface area (Å²) in [4.78, 5) is 16.4. The summed E-state index contributed by atoms with van der Waals surface area (Å²) in [5.74, 6) is 0. The molecular weight excluding hydrogens is 403 g/mol. The van der Waals surface area contributed by atoms with Gasteiger partial charge in [0.15, 0.2) is 0 Å². The van der Waals surface area contributed by atoms with Crippen LogP contribution in [0, 0.1) is 0 Å². The molecule has 3 heterocycles. The minimum Gasteiger partial charge on any atom is -0.349 e. The first-order chi connectivity index (χ1) is 15.1. The third kappa shape index (κ3) is 13.7. The summed E-state index contributed by atoms with van der Waals surface area (Å²) in [5, 5.41) is 0. The molecule has 3 aliphatic rings. The van der Waals surface area contributed by atoms with Crippen molar-refractivity contribution >= 4 is 41.2 Å². The highest BCUT2D eigenvalue weighted by Gasteiger charge is 2.30. The van der Waals surface area contributed by atoms with Gasteiger partial charge in [-0.25, -0.2) is 0 Å². The zero-order valence-corrected chi connectivity index (χ0v) is 25.1. The van der Waals surface area contributed by atoms with Crippen LogP contribution in [0.2, 0.25) is 54.6 Å². The molecule has 3 aliphatic heterocycles. The van der Waals surface area contributed by atoms with Gasteiger partial charge >= 0.3 is 6.98 Å². The van der Waals surface area contributed by atoms with Gasteiger partial charge in [0.1, 0.15) is 0 Å². The van der Waals surface area contributed by atoms with E-state index in [4.69, 9.17) is 0 Å². The van der Waals surface area contributed by atoms with Crippen molar-refractivity contribution in [2.24, 2.45) is 0 Å². The molecule has 1 atom stereocenters. The molecule has 0 amide bonds. The van der Waals surface area contributed by atoms with E-state index in [1.165, 1.54) is 19.3 Å². The Hall–Kier alpha value is 0.110. The lowest BCUT2D eigenvalue weighted by molar-refractivity contribution is 0.250.